The second-order valence-electron chi connectivity index (χ2n) is 8.14. The van der Waals surface area contributed by atoms with E-state index >= 15 is 0 Å². The van der Waals surface area contributed by atoms with E-state index in [2.05, 4.69) is 34.5 Å². The molecule has 1 N–H and O–H groups in total. The van der Waals surface area contributed by atoms with E-state index in [1.807, 2.05) is 6.92 Å². The number of ether oxygens (including phenoxy) is 1. The molecule has 0 spiro atoms. The van der Waals surface area contributed by atoms with Crippen LogP contribution in [0.2, 0.25) is 0 Å². The van der Waals surface area contributed by atoms with Crippen LogP contribution in [-0.2, 0) is 4.79 Å². The molecule has 1 amide bonds. The maximum atomic E-state index is 12.7. The molecular weight excluding hydrogens is 324 g/mol. The quantitative estimate of drug-likeness (QED) is 0.808. The SMILES string of the molecule is CCOc1ccc(C(CNC(=O)C2C3CCCCC32)N2CCCC2)cc1. The highest BCUT2D eigenvalue weighted by Gasteiger charge is 2.54. The van der Waals surface area contributed by atoms with E-state index in [9.17, 15) is 4.79 Å². The Morgan fingerprint density at radius 1 is 1.12 bits per heavy atom. The van der Waals surface area contributed by atoms with Crippen molar-refractivity contribution in [2.75, 3.05) is 26.2 Å². The molecule has 2 aliphatic carbocycles. The summed E-state index contributed by atoms with van der Waals surface area (Å²) in [7, 11) is 0. The van der Waals surface area contributed by atoms with E-state index in [1.165, 1.54) is 44.1 Å². The average Bonchev–Trinajstić information content (AvgIpc) is 3.15. The smallest absolute Gasteiger partial charge is 0.223 e. The minimum absolute atomic E-state index is 0.276. The minimum atomic E-state index is 0.276. The first-order valence-electron chi connectivity index (χ1n) is 10.5. The zero-order valence-electron chi connectivity index (χ0n) is 16.0. The number of amides is 1. The van der Waals surface area contributed by atoms with Gasteiger partial charge < -0.3 is 10.1 Å². The highest BCUT2D eigenvalue weighted by Crippen LogP contribution is 2.55. The van der Waals surface area contributed by atoms with Crippen LogP contribution in [0.4, 0.5) is 0 Å². The number of benzene rings is 1. The van der Waals surface area contributed by atoms with Crippen LogP contribution in [0.25, 0.3) is 0 Å². The van der Waals surface area contributed by atoms with Crippen LogP contribution in [-0.4, -0.2) is 37.0 Å². The molecule has 1 heterocycles. The van der Waals surface area contributed by atoms with Crippen LogP contribution < -0.4 is 10.1 Å². The minimum Gasteiger partial charge on any atom is -0.494 e. The van der Waals surface area contributed by atoms with Crippen LogP contribution in [0.15, 0.2) is 24.3 Å². The second-order valence-corrected chi connectivity index (χ2v) is 8.14. The van der Waals surface area contributed by atoms with Gasteiger partial charge in [0.15, 0.2) is 0 Å². The van der Waals surface area contributed by atoms with Crippen molar-refractivity contribution in [3.05, 3.63) is 29.8 Å². The lowest BCUT2D eigenvalue weighted by atomic mass is 10.0. The standard InChI is InChI=1S/C22H32N2O2/c1-2-26-17-11-9-16(10-12-17)20(24-13-5-6-14-24)15-23-22(25)21-18-7-3-4-8-19(18)21/h9-12,18-21H,2-8,13-15H2,1H3,(H,23,25). The number of nitrogens with one attached hydrogen (secondary N) is 1. The molecule has 0 aromatic heterocycles. The maximum absolute atomic E-state index is 12.7. The topological polar surface area (TPSA) is 41.6 Å². The Kier molecular flexibility index (Phi) is 5.49. The maximum Gasteiger partial charge on any atom is 0.223 e. The molecule has 1 aliphatic heterocycles. The van der Waals surface area contributed by atoms with E-state index in [-0.39, 0.29) is 6.04 Å². The molecule has 3 atom stereocenters. The van der Waals surface area contributed by atoms with Crippen molar-refractivity contribution in [2.24, 2.45) is 17.8 Å². The lowest BCUT2D eigenvalue weighted by Gasteiger charge is -2.28. The number of hydrogen-bond donors (Lipinski definition) is 1. The first-order valence-corrected chi connectivity index (χ1v) is 10.5. The van der Waals surface area contributed by atoms with Gasteiger partial charge >= 0.3 is 0 Å². The van der Waals surface area contributed by atoms with E-state index in [4.69, 9.17) is 4.74 Å². The van der Waals surface area contributed by atoms with Gasteiger partial charge in [-0.05, 0) is 75.2 Å². The van der Waals surface area contributed by atoms with Crippen LogP contribution in [0.1, 0.15) is 57.1 Å². The zero-order chi connectivity index (χ0) is 17.9. The van der Waals surface area contributed by atoms with E-state index in [0.29, 0.717) is 30.3 Å². The fraction of sp³-hybridized carbons (Fsp3) is 0.682. The summed E-state index contributed by atoms with van der Waals surface area (Å²) >= 11 is 0. The first kappa shape index (κ1) is 17.8. The molecule has 1 aromatic carbocycles. The lowest BCUT2D eigenvalue weighted by molar-refractivity contribution is -0.123. The lowest BCUT2D eigenvalue weighted by Crippen LogP contribution is -2.37. The van der Waals surface area contributed by atoms with Crippen molar-refractivity contribution in [2.45, 2.75) is 51.5 Å². The normalized spacial score (nSPS) is 29.0. The molecule has 4 heteroatoms. The number of hydrogen-bond acceptors (Lipinski definition) is 3. The number of fused-ring (bicyclic) bond motifs is 1. The van der Waals surface area contributed by atoms with Gasteiger partial charge in [0.2, 0.25) is 5.91 Å². The molecule has 0 radical (unpaired) electrons. The molecular formula is C22H32N2O2. The van der Waals surface area contributed by atoms with Gasteiger partial charge in [-0.2, -0.15) is 0 Å². The van der Waals surface area contributed by atoms with Gasteiger partial charge in [0, 0.05) is 12.5 Å². The van der Waals surface area contributed by atoms with Crippen LogP contribution in [0.5, 0.6) is 5.75 Å². The zero-order valence-corrected chi connectivity index (χ0v) is 16.0. The van der Waals surface area contributed by atoms with Gasteiger partial charge in [-0.25, -0.2) is 0 Å². The Labute approximate surface area is 157 Å². The summed E-state index contributed by atoms with van der Waals surface area (Å²) < 4.78 is 5.57. The summed E-state index contributed by atoms with van der Waals surface area (Å²) in [6.45, 7) is 5.67. The van der Waals surface area contributed by atoms with Gasteiger partial charge in [-0.3, -0.25) is 9.69 Å². The van der Waals surface area contributed by atoms with Gasteiger partial charge in [0.1, 0.15) is 5.75 Å². The van der Waals surface area contributed by atoms with E-state index in [0.717, 1.165) is 25.4 Å². The summed E-state index contributed by atoms with van der Waals surface area (Å²) in [5.74, 6) is 2.88. The van der Waals surface area contributed by atoms with E-state index in [1.54, 1.807) is 0 Å². The molecule has 1 saturated heterocycles. The summed E-state index contributed by atoms with van der Waals surface area (Å²) in [6, 6.07) is 8.71. The summed E-state index contributed by atoms with van der Waals surface area (Å²) in [6.07, 6.45) is 7.66. The van der Waals surface area contributed by atoms with E-state index < -0.39 is 0 Å². The van der Waals surface area contributed by atoms with Gasteiger partial charge in [0.25, 0.3) is 0 Å². The number of rotatable bonds is 7. The monoisotopic (exact) mass is 356 g/mol. The Balaban J connectivity index is 1.39. The second kappa shape index (κ2) is 7.99. The van der Waals surface area contributed by atoms with Crippen LogP contribution in [0, 0.1) is 17.8 Å². The largest absolute Gasteiger partial charge is 0.494 e. The Morgan fingerprint density at radius 3 is 2.38 bits per heavy atom. The molecule has 4 rings (SSSR count). The van der Waals surface area contributed by atoms with Crippen molar-refractivity contribution < 1.29 is 9.53 Å². The fourth-order valence-corrected chi connectivity index (χ4v) is 5.16. The number of carbonyl (C=O) groups excluding carboxylic acids is 1. The summed E-state index contributed by atoms with van der Waals surface area (Å²) in [4.78, 5) is 15.2. The predicted molar refractivity (Wildman–Crippen MR) is 103 cm³/mol. The third kappa shape index (κ3) is 3.75. The number of carbonyl (C=O) groups is 1. The first-order chi connectivity index (χ1) is 12.8. The molecule has 3 unspecified atom stereocenters. The molecule has 1 aromatic rings. The molecule has 4 nitrogen and oxygen atoms in total. The third-order valence-electron chi connectivity index (χ3n) is 6.59. The Hall–Kier alpha value is -1.55. The number of nitrogens with zero attached hydrogens (tertiary/aromatic N) is 1. The molecule has 26 heavy (non-hydrogen) atoms. The van der Waals surface area contributed by atoms with Gasteiger partial charge in [-0.1, -0.05) is 25.0 Å². The van der Waals surface area contributed by atoms with Gasteiger partial charge in [0.05, 0.1) is 12.6 Å². The van der Waals surface area contributed by atoms with Crippen molar-refractivity contribution in [3.63, 3.8) is 0 Å². The predicted octanol–water partition coefficient (Wildman–Crippen LogP) is 3.77. The molecule has 3 fully saturated rings. The van der Waals surface area contributed by atoms with Crippen molar-refractivity contribution in [1.82, 2.24) is 10.2 Å². The number of likely N-dealkylation sites (tertiary alicyclic amines) is 1. The highest BCUT2D eigenvalue weighted by atomic mass is 16.5. The molecule has 2 saturated carbocycles. The highest BCUT2D eigenvalue weighted by molar-refractivity contribution is 5.82. The van der Waals surface area contributed by atoms with Crippen LogP contribution >= 0.6 is 0 Å². The van der Waals surface area contributed by atoms with Crippen molar-refractivity contribution >= 4 is 5.91 Å². The van der Waals surface area contributed by atoms with Crippen molar-refractivity contribution in [1.29, 1.82) is 0 Å². The molecule has 142 valence electrons. The van der Waals surface area contributed by atoms with Crippen molar-refractivity contribution in [3.8, 4) is 5.75 Å². The fourth-order valence-electron chi connectivity index (χ4n) is 5.16. The van der Waals surface area contributed by atoms with Crippen LogP contribution in [0.3, 0.4) is 0 Å². The Morgan fingerprint density at radius 2 is 1.77 bits per heavy atom. The summed E-state index contributed by atoms with van der Waals surface area (Å²) in [5, 5.41) is 3.30. The molecule has 0 bridgehead atoms. The third-order valence-corrected chi connectivity index (χ3v) is 6.59. The van der Waals surface area contributed by atoms with Gasteiger partial charge in [-0.15, -0.1) is 0 Å². The average molecular weight is 357 g/mol. The Bertz CT molecular complexity index is 597. The summed E-state index contributed by atoms with van der Waals surface area (Å²) in [5.41, 5.74) is 1.28. The molecule has 3 aliphatic rings.